The zero-order valence-electron chi connectivity index (χ0n) is 22.9. The van der Waals surface area contributed by atoms with Crippen molar-refractivity contribution in [2.24, 2.45) is 11.8 Å². The summed E-state index contributed by atoms with van der Waals surface area (Å²) in [6, 6.07) is 13.6. The minimum Gasteiger partial charge on any atom is -0.494 e. The summed E-state index contributed by atoms with van der Waals surface area (Å²) in [5.74, 6) is 0.293. The van der Waals surface area contributed by atoms with Crippen LogP contribution >= 0.6 is 0 Å². The molecule has 0 amide bonds. The van der Waals surface area contributed by atoms with Gasteiger partial charge in [-0.1, -0.05) is 24.3 Å². The minimum atomic E-state index is -4.73. The molecule has 2 aliphatic carbocycles. The molecule has 0 N–H and O–H groups in total. The van der Waals surface area contributed by atoms with E-state index in [-0.39, 0.29) is 18.5 Å². The molecule has 0 saturated heterocycles. The third kappa shape index (κ3) is 9.61. The van der Waals surface area contributed by atoms with E-state index in [0.29, 0.717) is 51.0 Å². The fourth-order valence-corrected chi connectivity index (χ4v) is 5.71. The van der Waals surface area contributed by atoms with E-state index in [0.717, 1.165) is 37.0 Å². The van der Waals surface area contributed by atoms with Crippen molar-refractivity contribution in [3.63, 3.8) is 0 Å². The molecule has 222 valence electrons. The average molecular weight is 571 g/mol. The number of aryl methyl sites for hydroxylation is 1. The van der Waals surface area contributed by atoms with Crippen LogP contribution in [0.2, 0.25) is 0 Å². The van der Waals surface area contributed by atoms with Crippen LogP contribution in [0, 0.1) is 11.8 Å². The first-order valence-corrected chi connectivity index (χ1v) is 14.3. The summed E-state index contributed by atoms with van der Waals surface area (Å²) in [4.78, 5) is 0. The van der Waals surface area contributed by atoms with Gasteiger partial charge in [-0.25, -0.2) is 0 Å². The molecule has 4 nitrogen and oxygen atoms in total. The lowest BCUT2D eigenvalue weighted by molar-refractivity contribution is -0.302. The lowest BCUT2D eigenvalue weighted by atomic mass is 9.79. The normalized spacial score (nSPS) is 24.1. The number of ether oxygens (including phenoxy) is 4. The van der Waals surface area contributed by atoms with Gasteiger partial charge in [-0.15, -0.1) is 13.2 Å². The molecular weight excluding hydrogens is 531 g/mol. The minimum absolute atomic E-state index is 0.0922. The number of hydrogen-bond donors (Lipinski definition) is 0. The van der Waals surface area contributed by atoms with Crippen LogP contribution in [0.5, 0.6) is 11.5 Å². The molecule has 0 aliphatic heterocycles. The first kappa shape index (κ1) is 30.6. The summed E-state index contributed by atoms with van der Waals surface area (Å²) in [5.41, 5.74) is 1.96. The van der Waals surface area contributed by atoms with Gasteiger partial charge in [-0.2, -0.15) is 8.78 Å². The number of hydrogen-bond acceptors (Lipinski definition) is 4. The number of alkyl halides is 5. The third-order valence-corrected chi connectivity index (χ3v) is 7.99. The van der Waals surface area contributed by atoms with E-state index in [4.69, 9.17) is 14.2 Å². The van der Waals surface area contributed by atoms with Crippen LogP contribution in [0.3, 0.4) is 0 Å². The molecule has 9 heteroatoms. The van der Waals surface area contributed by atoms with Gasteiger partial charge in [0.25, 0.3) is 0 Å². The number of halogens is 5. The molecule has 0 spiro atoms. The maximum Gasteiger partial charge on any atom is 0.573 e. The van der Waals surface area contributed by atoms with Crippen LogP contribution < -0.4 is 9.47 Å². The van der Waals surface area contributed by atoms with E-state index in [1.54, 1.807) is 0 Å². The van der Waals surface area contributed by atoms with Crippen molar-refractivity contribution >= 4 is 0 Å². The van der Waals surface area contributed by atoms with Crippen molar-refractivity contribution in [2.45, 2.75) is 102 Å². The van der Waals surface area contributed by atoms with Crippen molar-refractivity contribution in [3.05, 3.63) is 59.7 Å². The Balaban J connectivity index is 1.12. The monoisotopic (exact) mass is 570 g/mol. The molecule has 2 aromatic rings. The smallest absolute Gasteiger partial charge is 0.494 e. The molecule has 0 radical (unpaired) electrons. The van der Waals surface area contributed by atoms with Gasteiger partial charge >= 0.3 is 12.5 Å². The molecule has 2 aromatic carbocycles. The second-order valence-electron chi connectivity index (χ2n) is 10.9. The van der Waals surface area contributed by atoms with Crippen molar-refractivity contribution in [2.75, 3.05) is 6.61 Å². The van der Waals surface area contributed by atoms with Gasteiger partial charge in [-0.05, 0) is 112 Å². The van der Waals surface area contributed by atoms with Gasteiger partial charge in [0.05, 0.1) is 31.3 Å². The summed E-state index contributed by atoms with van der Waals surface area (Å²) < 4.78 is 87.5. The Kier molecular flexibility index (Phi) is 10.7. The Morgan fingerprint density at radius 3 is 1.88 bits per heavy atom. The van der Waals surface area contributed by atoms with Gasteiger partial charge in [0.1, 0.15) is 11.5 Å². The first-order chi connectivity index (χ1) is 19.1. The molecule has 0 heterocycles. The average Bonchev–Trinajstić information content (AvgIpc) is 2.92. The van der Waals surface area contributed by atoms with Crippen LogP contribution in [0.25, 0.3) is 0 Å². The lowest BCUT2D eigenvalue weighted by Gasteiger charge is -2.37. The SMILES string of the molecule is CCOc1ccc(CCC2CCC(C(F)(F)OC3CCC(OCc4ccc(OC(F)(F)F)cc4)CC3)CC2)cc1. The van der Waals surface area contributed by atoms with Crippen LogP contribution in [-0.2, 0) is 22.5 Å². The molecule has 0 bridgehead atoms. The predicted molar refractivity (Wildman–Crippen MR) is 141 cm³/mol. The largest absolute Gasteiger partial charge is 0.573 e. The molecular formula is C31H39F5O4. The predicted octanol–water partition coefficient (Wildman–Crippen LogP) is 8.86. The van der Waals surface area contributed by atoms with Gasteiger partial charge in [0, 0.05) is 0 Å². The molecule has 0 atom stereocenters. The van der Waals surface area contributed by atoms with Gasteiger partial charge in [-0.3, -0.25) is 0 Å². The first-order valence-electron chi connectivity index (χ1n) is 14.3. The molecule has 40 heavy (non-hydrogen) atoms. The van der Waals surface area contributed by atoms with Gasteiger partial charge in [0.15, 0.2) is 0 Å². The Morgan fingerprint density at radius 2 is 1.27 bits per heavy atom. The highest BCUT2D eigenvalue weighted by Crippen LogP contribution is 2.42. The standard InChI is InChI=1S/C31H39F5O4/c1-2-37-26-13-7-23(8-14-26)4-3-22-5-11-25(12-6-22)30(32,33)39-28-19-17-27(18-20-28)38-21-24-9-15-29(16-10-24)40-31(34,35)36/h7-10,13-16,22,25,27-28H,2-6,11-12,17-21H2,1H3. The highest BCUT2D eigenvalue weighted by atomic mass is 19.4. The van der Waals surface area contributed by atoms with Gasteiger partial charge in [0.2, 0.25) is 0 Å². The number of benzene rings is 2. The molecule has 2 fully saturated rings. The van der Waals surface area contributed by atoms with Crippen LogP contribution in [0.1, 0.15) is 75.8 Å². The highest BCUT2D eigenvalue weighted by Gasteiger charge is 2.44. The van der Waals surface area contributed by atoms with E-state index in [1.165, 1.54) is 29.8 Å². The summed E-state index contributed by atoms with van der Waals surface area (Å²) in [5, 5.41) is 0. The van der Waals surface area contributed by atoms with Crippen LogP contribution in [0.15, 0.2) is 48.5 Å². The Hall–Kier alpha value is -2.39. The summed E-state index contributed by atoms with van der Waals surface area (Å²) in [6.45, 7) is 2.83. The number of rotatable bonds is 12. The fraction of sp³-hybridized carbons (Fsp3) is 0.613. The van der Waals surface area contributed by atoms with E-state index in [1.807, 2.05) is 19.1 Å². The Bertz CT molecular complexity index is 1010. The Morgan fingerprint density at radius 1 is 0.700 bits per heavy atom. The van der Waals surface area contributed by atoms with Crippen molar-refractivity contribution in [3.8, 4) is 11.5 Å². The Labute approximate surface area is 233 Å². The maximum absolute atomic E-state index is 15.0. The summed E-state index contributed by atoms with van der Waals surface area (Å²) in [6.07, 6.45) is -1.75. The maximum atomic E-state index is 15.0. The van der Waals surface area contributed by atoms with Crippen molar-refractivity contribution < 1.29 is 40.9 Å². The van der Waals surface area contributed by atoms with E-state index in [9.17, 15) is 13.2 Å². The zero-order chi connectivity index (χ0) is 28.6. The van der Waals surface area contributed by atoms with Crippen LogP contribution in [0.4, 0.5) is 22.0 Å². The zero-order valence-corrected chi connectivity index (χ0v) is 22.9. The molecule has 0 aromatic heterocycles. The fourth-order valence-electron chi connectivity index (χ4n) is 5.71. The van der Waals surface area contributed by atoms with E-state index in [2.05, 4.69) is 16.9 Å². The topological polar surface area (TPSA) is 36.9 Å². The third-order valence-electron chi connectivity index (χ3n) is 7.99. The van der Waals surface area contributed by atoms with Crippen molar-refractivity contribution in [1.82, 2.24) is 0 Å². The van der Waals surface area contributed by atoms with E-state index >= 15 is 8.78 Å². The molecule has 0 unspecified atom stereocenters. The summed E-state index contributed by atoms with van der Waals surface area (Å²) >= 11 is 0. The van der Waals surface area contributed by atoms with E-state index < -0.39 is 24.5 Å². The van der Waals surface area contributed by atoms with Crippen LogP contribution in [-0.4, -0.2) is 31.3 Å². The van der Waals surface area contributed by atoms with Crippen molar-refractivity contribution in [1.29, 1.82) is 0 Å². The lowest BCUT2D eigenvalue weighted by Crippen LogP contribution is -2.39. The quantitative estimate of drug-likeness (QED) is 0.239. The molecule has 2 aliphatic rings. The van der Waals surface area contributed by atoms with Gasteiger partial charge < -0.3 is 18.9 Å². The summed E-state index contributed by atoms with van der Waals surface area (Å²) in [7, 11) is 0. The molecule has 4 rings (SSSR count). The highest BCUT2D eigenvalue weighted by molar-refractivity contribution is 5.28. The second-order valence-corrected chi connectivity index (χ2v) is 10.9. The molecule has 2 saturated carbocycles. The second kappa shape index (κ2) is 14.0.